The predicted molar refractivity (Wildman–Crippen MR) is 125 cm³/mol. The van der Waals surface area contributed by atoms with E-state index in [4.69, 9.17) is 0 Å². The third-order valence-electron chi connectivity index (χ3n) is 5.16. The van der Waals surface area contributed by atoms with Gasteiger partial charge >= 0.3 is 0 Å². The number of carbonyl (C=O) groups excluding carboxylic acids is 1. The quantitative estimate of drug-likeness (QED) is 0.449. The number of nitrogens with one attached hydrogen (secondary N) is 2. The lowest BCUT2D eigenvalue weighted by atomic mass is 10.1. The third kappa shape index (κ3) is 5.44. The molecule has 2 aromatic heterocycles. The highest BCUT2D eigenvalue weighted by Gasteiger charge is 2.20. The fourth-order valence-electron chi connectivity index (χ4n) is 3.42. The van der Waals surface area contributed by atoms with Crippen LogP contribution in [0.15, 0.2) is 79.4 Å². The van der Waals surface area contributed by atoms with E-state index in [9.17, 15) is 4.79 Å². The zero-order valence-corrected chi connectivity index (χ0v) is 18.2. The van der Waals surface area contributed by atoms with Gasteiger partial charge in [-0.05, 0) is 24.5 Å². The molecule has 4 aromatic rings. The minimum Gasteiger partial charge on any atom is -0.322 e. The second-order valence-corrected chi connectivity index (χ2v) is 7.72. The van der Waals surface area contributed by atoms with Crippen molar-refractivity contribution < 1.29 is 4.79 Å². The molecule has 0 aliphatic heterocycles. The first-order valence-electron chi connectivity index (χ1n) is 10.5. The molecule has 1 amide bonds. The number of rotatable bonds is 8. The minimum absolute atomic E-state index is 0.155. The van der Waals surface area contributed by atoms with Crippen molar-refractivity contribution in [2.24, 2.45) is 7.05 Å². The summed E-state index contributed by atoms with van der Waals surface area (Å²) in [4.78, 5) is 21.8. The van der Waals surface area contributed by atoms with Crippen molar-refractivity contribution in [1.82, 2.24) is 25.1 Å². The van der Waals surface area contributed by atoms with Crippen LogP contribution in [0, 0.1) is 6.92 Å². The molecule has 1 atom stereocenters. The molecule has 7 heteroatoms. The molecule has 2 N–H and O–H groups in total. The fourth-order valence-corrected chi connectivity index (χ4v) is 3.42. The van der Waals surface area contributed by atoms with E-state index in [2.05, 4.69) is 56.9 Å². The smallest absolute Gasteiger partial charge is 0.246 e. The van der Waals surface area contributed by atoms with E-state index in [0.717, 1.165) is 17.5 Å². The molecule has 0 radical (unpaired) electrons. The first-order chi connectivity index (χ1) is 15.6. The average Bonchev–Trinajstić information content (AvgIpc) is 3.25. The highest BCUT2D eigenvalue weighted by atomic mass is 16.2. The number of anilines is 1. The van der Waals surface area contributed by atoms with Crippen molar-refractivity contribution in [2.75, 3.05) is 11.9 Å². The Bertz CT molecular complexity index is 1150. The van der Waals surface area contributed by atoms with Crippen molar-refractivity contribution in [1.29, 1.82) is 0 Å². The van der Waals surface area contributed by atoms with E-state index in [1.807, 2.05) is 43.6 Å². The van der Waals surface area contributed by atoms with Gasteiger partial charge in [0.25, 0.3) is 0 Å². The number of hydrogen-bond acceptors (Lipinski definition) is 5. The maximum Gasteiger partial charge on any atom is 0.246 e. The lowest BCUT2D eigenvalue weighted by molar-refractivity contribution is -0.118. The molecule has 162 valence electrons. The molecule has 0 saturated carbocycles. The maximum atomic E-state index is 13.1. The number of aromatic nitrogens is 4. The number of amides is 1. The summed E-state index contributed by atoms with van der Waals surface area (Å²) in [5.41, 5.74) is 4.74. The second-order valence-electron chi connectivity index (χ2n) is 7.72. The van der Waals surface area contributed by atoms with Crippen LogP contribution < -0.4 is 10.6 Å². The van der Waals surface area contributed by atoms with Crippen LogP contribution in [0.2, 0.25) is 0 Å². The van der Waals surface area contributed by atoms with Gasteiger partial charge in [-0.1, -0.05) is 60.2 Å². The lowest BCUT2D eigenvalue weighted by Crippen LogP contribution is -2.34. The van der Waals surface area contributed by atoms with Gasteiger partial charge in [0, 0.05) is 19.8 Å². The topological polar surface area (TPSA) is 84.7 Å². The summed E-state index contributed by atoms with van der Waals surface area (Å²) in [5.74, 6) is 0.407. The average molecular weight is 427 g/mol. The van der Waals surface area contributed by atoms with Crippen LogP contribution in [-0.2, 0) is 18.3 Å². The molecule has 0 aliphatic rings. The molecule has 0 saturated heterocycles. The zero-order valence-electron chi connectivity index (χ0n) is 18.2. The predicted octanol–water partition coefficient (Wildman–Crippen LogP) is 3.70. The zero-order chi connectivity index (χ0) is 22.3. The summed E-state index contributed by atoms with van der Waals surface area (Å²) in [6.45, 7) is 2.75. The van der Waals surface area contributed by atoms with E-state index in [0.29, 0.717) is 18.1 Å². The SMILES string of the molecule is Cc1ccc(CCN[C@H](C(=O)Nc2cnc(-c3cnn(C)c3)nc2)c2ccccc2)cc1. The summed E-state index contributed by atoms with van der Waals surface area (Å²) in [5, 5.41) is 10.5. The molecule has 0 fully saturated rings. The van der Waals surface area contributed by atoms with Gasteiger partial charge in [0.15, 0.2) is 5.82 Å². The molecule has 7 nitrogen and oxygen atoms in total. The normalized spacial score (nSPS) is 11.8. The highest BCUT2D eigenvalue weighted by Crippen LogP contribution is 2.18. The van der Waals surface area contributed by atoms with Crippen LogP contribution in [0.25, 0.3) is 11.4 Å². The van der Waals surface area contributed by atoms with Crippen molar-refractivity contribution >= 4 is 11.6 Å². The molecule has 32 heavy (non-hydrogen) atoms. The van der Waals surface area contributed by atoms with Crippen LogP contribution in [0.5, 0.6) is 0 Å². The number of hydrogen-bond donors (Lipinski definition) is 2. The fraction of sp³-hybridized carbons (Fsp3) is 0.200. The van der Waals surface area contributed by atoms with Gasteiger partial charge < -0.3 is 10.6 Å². The van der Waals surface area contributed by atoms with Crippen molar-refractivity contribution in [3.63, 3.8) is 0 Å². The monoisotopic (exact) mass is 426 g/mol. The summed E-state index contributed by atoms with van der Waals surface area (Å²) >= 11 is 0. The van der Waals surface area contributed by atoms with Crippen molar-refractivity contribution in [3.8, 4) is 11.4 Å². The number of benzene rings is 2. The molecule has 0 spiro atoms. The Hall–Kier alpha value is -3.84. The Balaban J connectivity index is 1.43. The molecular weight excluding hydrogens is 400 g/mol. The second kappa shape index (κ2) is 9.98. The molecule has 4 rings (SSSR count). The van der Waals surface area contributed by atoms with Crippen LogP contribution in [0.4, 0.5) is 5.69 Å². The van der Waals surface area contributed by atoms with E-state index in [1.165, 1.54) is 11.1 Å². The Morgan fingerprint density at radius 2 is 1.72 bits per heavy atom. The third-order valence-corrected chi connectivity index (χ3v) is 5.16. The summed E-state index contributed by atoms with van der Waals surface area (Å²) in [6.07, 6.45) is 7.61. The van der Waals surface area contributed by atoms with E-state index >= 15 is 0 Å². The van der Waals surface area contributed by atoms with Crippen molar-refractivity contribution in [3.05, 3.63) is 96.1 Å². The Kier molecular flexibility index (Phi) is 6.67. The first-order valence-corrected chi connectivity index (χ1v) is 10.5. The molecular formula is C25H26N6O. The van der Waals surface area contributed by atoms with Crippen LogP contribution in [0.3, 0.4) is 0 Å². The van der Waals surface area contributed by atoms with Gasteiger partial charge in [-0.15, -0.1) is 0 Å². The molecule has 2 heterocycles. The van der Waals surface area contributed by atoms with E-state index < -0.39 is 6.04 Å². The van der Waals surface area contributed by atoms with Gasteiger partial charge in [0.1, 0.15) is 6.04 Å². The minimum atomic E-state index is -0.486. The Labute approximate surface area is 187 Å². The van der Waals surface area contributed by atoms with Crippen LogP contribution in [0.1, 0.15) is 22.7 Å². The highest BCUT2D eigenvalue weighted by molar-refractivity contribution is 5.95. The van der Waals surface area contributed by atoms with Crippen LogP contribution in [-0.4, -0.2) is 32.2 Å². The van der Waals surface area contributed by atoms with Crippen LogP contribution >= 0.6 is 0 Å². The summed E-state index contributed by atoms with van der Waals surface area (Å²) in [7, 11) is 1.84. The summed E-state index contributed by atoms with van der Waals surface area (Å²) in [6, 6.07) is 17.7. The summed E-state index contributed by atoms with van der Waals surface area (Å²) < 4.78 is 1.70. The van der Waals surface area contributed by atoms with E-state index in [1.54, 1.807) is 23.3 Å². The molecule has 2 aromatic carbocycles. The number of nitrogens with zero attached hydrogens (tertiary/aromatic N) is 4. The van der Waals surface area contributed by atoms with Gasteiger partial charge in [-0.2, -0.15) is 5.10 Å². The van der Waals surface area contributed by atoms with Gasteiger partial charge in [0.2, 0.25) is 5.91 Å². The standard InChI is InChI=1S/C25H26N6O/c1-18-8-10-19(11-9-18)12-13-26-23(20-6-4-3-5-7-20)25(32)30-22-15-27-24(28-16-22)21-14-29-31(2)17-21/h3-11,14-17,23,26H,12-13H2,1-2H3,(H,30,32)/t23-/m0/s1. The first kappa shape index (κ1) is 21.4. The van der Waals surface area contributed by atoms with Crippen molar-refractivity contribution in [2.45, 2.75) is 19.4 Å². The maximum absolute atomic E-state index is 13.1. The lowest BCUT2D eigenvalue weighted by Gasteiger charge is -2.19. The van der Waals surface area contributed by atoms with E-state index in [-0.39, 0.29) is 5.91 Å². The molecule has 0 bridgehead atoms. The Morgan fingerprint density at radius 1 is 1.00 bits per heavy atom. The number of carbonyl (C=O) groups is 1. The molecule has 0 unspecified atom stereocenters. The van der Waals surface area contributed by atoms with Gasteiger partial charge in [-0.3, -0.25) is 9.48 Å². The van der Waals surface area contributed by atoms with Gasteiger partial charge in [0.05, 0.1) is 29.8 Å². The Morgan fingerprint density at radius 3 is 2.38 bits per heavy atom. The number of aryl methyl sites for hydroxylation is 2. The van der Waals surface area contributed by atoms with Gasteiger partial charge in [-0.25, -0.2) is 9.97 Å². The largest absolute Gasteiger partial charge is 0.322 e. The molecule has 0 aliphatic carbocycles.